The summed E-state index contributed by atoms with van der Waals surface area (Å²) in [5, 5.41) is 4.19. The van der Waals surface area contributed by atoms with Crippen LogP contribution in [-0.4, -0.2) is 22.5 Å². The van der Waals surface area contributed by atoms with Gasteiger partial charge in [0.15, 0.2) is 11.5 Å². The van der Waals surface area contributed by atoms with E-state index in [2.05, 4.69) is 5.10 Å². The van der Waals surface area contributed by atoms with Crippen molar-refractivity contribution in [2.75, 3.05) is 6.79 Å². The summed E-state index contributed by atoms with van der Waals surface area (Å²) in [6.07, 6.45) is 3.15. The lowest BCUT2D eigenvalue weighted by Gasteiger charge is -2.04. The third kappa shape index (κ3) is 2.81. The Morgan fingerprint density at radius 3 is 2.83 bits per heavy atom. The molecule has 0 saturated carbocycles. The van der Waals surface area contributed by atoms with E-state index in [1.165, 1.54) is 6.20 Å². The number of carbonyl (C=O) groups excluding carboxylic acids is 1. The smallest absolute Gasteiger partial charge is 0.341 e. The normalized spacial score (nSPS) is 12.2. The number of esters is 1. The maximum atomic E-state index is 12.2. The Bertz CT molecular complexity index is 874. The first-order valence-electron chi connectivity index (χ1n) is 7.45. The van der Waals surface area contributed by atoms with Crippen molar-refractivity contribution in [3.8, 4) is 17.2 Å². The number of carbonyl (C=O) groups is 1. The number of aromatic nitrogens is 2. The van der Waals surface area contributed by atoms with E-state index in [1.807, 2.05) is 42.5 Å². The number of fused-ring (bicyclic) bond motifs is 1. The lowest BCUT2D eigenvalue weighted by molar-refractivity contribution is 0.0472. The van der Waals surface area contributed by atoms with Gasteiger partial charge in [0.25, 0.3) is 0 Å². The van der Waals surface area contributed by atoms with Crippen molar-refractivity contribution in [2.45, 2.75) is 6.61 Å². The van der Waals surface area contributed by atoms with Gasteiger partial charge in [0.1, 0.15) is 6.61 Å². The Morgan fingerprint density at radius 2 is 1.96 bits per heavy atom. The molecule has 2 aromatic carbocycles. The van der Waals surface area contributed by atoms with Gasteiger partial charge in [0.2, 0.25) is 6.79 Å². The molecule has 120 valence electrons. The van der Waals surface area contributed by atoms with Gasteiger partial charge in [0.05, 0.1) is 17.4 Å². The summed E-state index contributed by atoms with van der Waals surface area (Å²) in [6, 6.07) is 15.0. The summed E-state index contributed by atoms with van der Waals surface area (Å²) in [6.45, 7) is 0.378. The van der Waals surface area contributed by atoms with E-state index in [0.717, 1.165) is 11.3 Å². The van der Waals surface area contributed by atoms with Crippen LogP contribution in [0.4, 0.5) is 0 Å². The maximum Gasteiger partial charge on any atom is 0.341 e. The molecule has 1 aromatic heterocycles. The first-order chi connectivity index (χ1) is 11.8. The van der Waals surface area contributed by atoms with Crippen molar-refractivity contribution < 1.29 is 19.0 Å². The van der Waals surface area contributed by atoms with E-state index < -0.39 is 5.97 Å². The Hall–Kier alpha value is -3.28. The molecule has 0 fully saturated rings. The van der Waals surface area contributed by atoms with Crippen molar-refractivity contribution in [3.05, 3.63) is 72.1 Å². The molecule has 3 aromatic rings. The van der Waals surface area contributed by atoms with E-state index in [4.69, 9.17) is 14.2 Å². The predicted molar refractivity (Wildman–Crippen MR) is 85.2 cm³/mol. The topological polar surface area (TPSA) is 62.6 Å². The number of nitrogens with zero attached hydrogens (tertiary/aromatic N) is 2. The molecule has 0 saturated heterocycles. The second-order valence-corrected chi connectivity index (χ2v) is 5.27. The SMILES string of the molecule is O=C(OCc1ccc2c(c1)OCO2)c1cnn(-c2ccccc2)c1. The highest BCUT2D eigenvalue weighted by Gasteiger charge is 2.15. The van der Waals surface area contributed by atoms with E-state index in [1.54, 1.807) is 16.9 Å². The van der Waals surface area contributed by atoms with Crippen LogP contribution in [0.15, 0.2) is 60.9 Å². The van der Waals surface area contributed by atoms with Gasteiger partial charge in [-0.2, -0.15) is 5.10 Å². The van der Waals surface area contributed by atoms with E-state index in [-0.39, 0.29) is 13.4 Å². The van der Waals surface area contributed by atoms with Crippen molar-refractivity contribution in [1.29, 1.82) is 0 Å². The molecular weight excluding hydrogens is 308 g/mol. The van der Waals surface area contributed by atoms with Crippen molar-refractivity contribution in [2.24, 2.45) is 0 Å². The first-order valence-corrected chi connectivity index (χ1v) is 7.45. The molecule has 0 aliphatic carbocycles. The zero-order valence-electron chi connectivity index (χ0n) is 12.7. The van der Waals surface area contributed by atoms with Crippen LogP contribution in [0.1, 0.15) is 15.9 Å². The average Bonchev–Trinajstić information content (AvgIpc) is 3.29. The minimum absolute atomic E-state index is 0.159. The Balaban J connectivity index is 1.42. The molecule has 0 bridgehead atoms. The van der Waals surface area contributed by atoms with E-state index in [9.17, 15) is 4.79 Å². The molecule has 2 heterocycles. The molecule has 1 aliphatic heterocycles. The first kappa shape index (κ1) is 14.3. The van der Waals surface area contributed by atoms with Crippen molar-refractivity contribution in [3.63, 3.8) is 0 Å². The van der Waals surface area contributed by atoms with Crippen LogP contribution in [0.2, 0.25) is 0 Å². The number of para-hydroxylation sites is 1. The number of benzene rings is 2. The van der Waals surface area contributed by atoms with Gasteiger partial charge in [-0.3, -0.25) is 0 Å². The lowest BCUT2D eigenvalue weighted by atomic mass is 10.2. The van der Waals surface area contributed by atoms with Gasteiger partial charge in [-0.1, -0.05) is 24.3 Å². The summed E-state index contributed by atoms with van der Waals surface area (Å²) in [5.74, 6) is 0.949. The monoisotopic (exact) mass is 322 g/mol. The quantitative estimate of drug-likeness (QED) is 0.691. The second-order valence-electron chi connectivity index (χ2n) is 5.27. The lowest BCUT2D eigenvalue weighted by Crippen LogP contribution is -2.04. The number of hydrogen-bond donors (Lipinski definition) is 0. The van der Waals surface area contributed by atoms with Crippen LogP contribution in [-0.2, 0) is 11.3 Å². The fourth-order valence-electron chi connectivity index (χ4n) is 2.41. The van der Waals surface area contributed by atoms with Gasteiger partial charge in [-0.25, -0.2) is 9.48 Å². The van der Waals surface area contributed by atoms with Gasteiger partial charge >= 0.3 is 5.97 Å². The predicted octanol–water partition coefficient (Wildman–Crippen LogP) is 2.96. The highest BCUT2D eigenvalue weighted by atomic mass is 16.7. The number of ether oxygens (including phenoxy) is 3. The van der Waals surface area contributed by atoms with Crippen LogP contribution in [0, 0.1) is 0 Å². The zero-order valence-corrected chi connectivity index (χ0v) is 12.7. The molecule has 24 heavy (non-hydrogen) atoms. The molecule has 6 heteroatoms. The summed E-state index contributed by atoms with van der Waals surface area (Å²) in [5.41, 5.74) is 2.12. The van der Waals surface area contributed by atoms with Gasteiger partial charge in [-0.15, -0.1) is 0 Å². The van der Waals surface area contributed by atoms with Gasteiger partial charge < -0.3 is 14.2 Å². The van der Waals surface area contributed by atoms with Crippen LogP contribution in [0.25, 0.3) is 5.69 Å². The van der Waals surface area contributed by atoms with E-state index in [0.29, 0.717) is 17.1 Å². The highest BCUT2D eigenvalue weighted by molar-refractivity contribution is 5.88. The molecular formula is C18H14N2O4. The van der Waals surface area contributed by atoms with Crippen molar-refractivity contribution >= 4 is 5.97 Å². The van der Waals surface area contributed by atoms with Gasteiger partial charge in [0, 0.05) is 6.20 Å². The van der Waals surface area contributed by atoms with Crippen LogP contribution in [0.5, 0.6) is 11.5 Å². The fourth-order valence-corrected chi connectivity index (χ4v) is 2.41. The largest absolute Gasteiger partial charge is 0.457 e. The minimum Gasteiger partial charge on any atom is -0.457 e. The molecule has 1 aliphatic rings. The second kappa shape index (κ2) is 6.08. The van der Waals surface area contributed by atoms with Crippen molar-refractivity contribution in [1.82, 2.24) is 9.78 Å². The Morgan fingerprint density at radius 1 is 1.12 bits per heavy atom. The standard InChI is InChI=1S/C18H14N2O4/c21-18(14-9-19-20(10-14)15-4-2-1-3-5-15)22-11-13-6-7-16-17(8-13)24-12-23-16/h1-10H,11-12H2. The molecule has 0 spiro atoms. The highest BCUT2D eigenvalue weighted by Crippen LogP contribution is 2.32. The van der Waals surface area contributed by atoms with Crippen LogP contribution < -0.4 is 9.47 Å². The molecule has 0 amide bonds. The minimum atomic E-state index is -0.421. The Kier molecular flexibility index (Phi) is 3.63. The Labute approximate surface area is 138 Å². The third-order valence-electron chi connectivity index (χ3n) is 3.65. The molecule has 0 atom stereocenters. The molecule has 0 radical (unpaired) electrons. The molecule has 6 nitrogen and oxygen atoms in total. The average molecular weight is 322 g/mol. The van der Waals surface area contributed by atoms with Gasteiger partial charge in [-0.05, 0) is 29.8 Å². The number of rotatable bonds is 4. The molecule has 0 N–H and O–H groups in total. The summed E-state index contributed by atoms with van der Waals surface area (Å²) < 4.78 is 17.5. The fraction of sp³-hybridized carbons (Fsp3) is 0.111. The third-order valence-corrected chi connectivity index (χ3v) is 3.65. The zero-order chi connectivity index (χ0) is 16.4. The number of hydrogen-bond acceptors (Lipinski definition) is 5. The summed E-state index contributed by atoms with van der Waals surface area (Å²) in [4.78, 5) is 12.2. The molecule has 0 unspecified atom stereocenters. The maximum absolute atomic E-state index is 12.2. The molecule has 4 rings (SSSR count). The van der Waals surface area contributed by atoms with Crippen LogP contribution >= 0.6 is 0 Å². The summed E-state index contributed by atoms with van der Waals surface area (Å²) in [7, 11) is 0. The van der Waals surface area contributed by atoms with E-state index >= 15 is 0 Å². The summed E-state index contributed by atoms with van der Waals surface area (Å²) >= 11 is 0. The van der Waals surface area contributed by atoms with Crippen LogP contribution in [0.3, 0.4) is 0 Å².